The van der Waals surface area contributed by atoms with E-state index in [1.807, 2.05) is 30.3 Å². The van der Waals surface area contributed by atoms with Gasteiger partial charge in [-0.25, -0.2) is 4.79 Å². The van der Waals surface area contributed by atoms with Gasteiger partial charge in [0.2, 0.25) is 5.75 Å². The first-order chi connectivity index (χ1) is 27.1. The summed E-state index contributed by atoms with van der Waals surface area (Å²) in [6.45, 7) is 1.69. The lowest BCUT2D eigenvalue weighted by atomic mass is 9.87. The largest absolute Gasteiger partial charge is 0.493 e. The number of carbonyl (C=O) groups excluding carboxylic acids is 1. The summed E-state index contributed by atoms with van der Waals surface area (Å²) < 4.78 is 37.4. The summed E-state index contributed by atoms with van der Waals surface area (Å²) in [5.41, 5.74) is 6.57. The lowest BCUT2D eigenvalue weighted by Crippen LogP contribution is -2.34. The monoisotopic (exact) mass is 757 g/mol. The first-order valence-corrected chi connectivity index (χ1v) is 18.6. The number of ether oxygens (including phenoxy) is 6. The third kappa shape index (κ3) is 6.97. The van der Waals surface area contributed by atoms with E-state index in [9.17, 15) is 14.9 Å². The average molecular weight is 758 g/mol. The van der Waals surface area contributed by atoms with Gasteiger partial charge in [0.05, 0.1) is 31.8 Å². The Morgan fingerprint density at radius 3 is 2.05 bits per heavy atom. The van der Waals surface area contributed by atoms with E-state index >= 15 is 0 Å². The van der Waals surface area contributed by atoms with Crippen LogP contribution >= 0.6 is 0 Å². The molecule has 4 heterocycles. The third-order valence-electron chi connectivity index (χ3n) is 11.1. The van der Waals surface area contributed by atoms with Crippen LogP contribution < -0.4 is 28.4 Å². The Morgan fingerprint density at radius 1 is 0.714 bits per heavy atom. The molecule has 0 N–H and O–H groups in total. The van der Waals surface area contributed by atoms with Gasteiger partial charge >= 0.3 is 5.97 Å². The number of nitrogens with zero attached hydrogens (tertiary/aromatic N) is 3. The van der Waals surface area contributed by atoms with Crippen molar-refractivity contribution in [1.29, 1.82) is 0 Å². The van der Waals surface area contributed by atoms with Gasteiger partial charge in [-0.2, -0.15) is 0 Å². The fraction of sp³-hybridized carbons (Fsp3) is 0.295. The number of carbonyl (C=O) groups is 1. The van der Waals surface area contributed by atoms with Gasteiger partial charge in [0.15, 0.2) is 34.5 Å². The van der Waals surface area contributed by atoms with Gasteiger partial charge in [-0.3, -0.25) is 19.9 Å². The van der Waals surface area contributed by atoms with Gasteiger partial charge in [-0.05, 0) is 122 Å². The van der Waals surface area contributed by atoms with Crippen molar-refractivity contribution in [2.45, 2.75) is 37.8 Å². The molecule has 288 valence electrons. The van der Waals surface area contributed by atoms with Crippen LogP contribution in [-0.2, 0) is 25.7 Å². The van der Waals surface area contributed by atoms with E-state index < -0.39 is 10.9 Å². The quantitative estimate of drug-likeness (QED) is 0.0720. The molecular formula is C44H43N3O9. The van der Waals surface area contributed by atoms with Crippen LogP contribution in [0.1, 0.15) is 55.8 Å². The Labute approximate surface area is 325 Å². The van der Waals surface area contributed by atoms with E-state index in [-0.39, 0.29) is 29.1 Å². The van der Waals surface area contributed by atoms with E-state index in [2.05, 4.69) is 48.2 Å². The van der Waals surface area contributed by atoms with Crippen molar-refractivity contribution in [1.82, 2.24) is 9.80 Å². The van der Waals surface area contributed by atoms with Crippen LogP contribution in [0.4, 0.5) is 5.69 Å². The molecule has 9 rings (SSSR count). The molecule has 0 aliphatic carbocycles. The van der Waals surface area contributed by atoms with Crippen molar-refractivity contribution >= 4 is 11.7 Å². The summed E-state index contributed by atoms with van der Waals surface area (Å²) >= 11 is 0. The molecule has 4 aliphatic heterocycles. The molecule has 0 radical (unpaired) electrons. The first-order valence-electron chi connectivity index (χ1n) is 18.6. The molecule has 5 aromatic rings. The zero-order chi connectivity index (χ0) is 39.1. The van der Waals surface area contributed by atoms with Crippen LogP contribution in [0.5, 0.6) is 46.0 Å². The van der Waals surface area contributed by atoms with Crippen LogP contribution in [0.25, 0.3) is 0 Å². The lowest BCUT2D eigenvalue weighted by molar-refractivity contribution is -0.384. The zero-order valence-corrected chi connectivity index (χ0v) is 32.0. The average Bonchev–Trinajstić information content (AvgIpc) is 3.20. The molecule has 0 amide bonds. The van der Waals surface area contributed by atoms with E-state index in [0.29, 0.717) is 46.7 Å². The number of hydrogen-bond acceptors (Lipinski definition) is 11. The minimum absolute atomic E-state index is 0.0692. The van der Waals surface area contributed by atoms with Crippen molar-refractivity contribution in [3.63, 3.8) is 0 Å². The van der Waals surface area contributed by atoms with E-state index in [1.165, 1.54) is 35.4 Å². The van der Waals surface area contributed by atoms with Crippen molar-refractivity contribution < 1.29 is 38.1 Å². The Bertz CT molecular complexity index is 2310. The predicted molar refractivity (Wildman–Crippen MR) is 209 cm³/mol. The second-order valence-electron chi connectivity index (χ2n) is 14.4. The van der Waals surface area contributed by atoms with Gasteiger partial charge in [-0.15, -0.1) is 0 Å². The SMILES string of the molecule is COc1cc2c3cc1Oc1c(OC)c(OC)cc4c1C(Cc1ccc(OC(=O)c5ccc([N+](=O)[O-])cc5)c(c1)Oc1ccc(cc1)C[C@@H]3N(C)CC2)N(C)CC4. The molecule has 0 saturated heterocycles. The number of fused-ring (bicyclic) bond motifs is 2. The smallest absolute Gasteiger partial charge is 0.343 e. The summed E-state index contributed by atoms with van der Waals surface area (Å²) in [4.78, 5) is 28.7. The van der Waals surface area contributed by atoms with Crippen molar-refractivity contribution in [2.75, 3.05) is 48.5 Å². The highest BCUT2D eigenvalue weighted by Gasteiger charge is 2.35. The van der Waals surface area contributed by atoms with Crippen LogP contribution in [0.2, 0.25) is 0 Å². The maximum atomic E-state index is 13.3. The third-order valence-corrected chi connectivity index (χ3v) is 11.1. The Kier molecular flexibility index (Phi) is 10.0. The summed E-state index contributed by atoms with van der Waals surface area (Å²) in [6, 6.07) is 25.0. The molecule has 0 aromatic heterocycles. The highest BCUT2D eigenvalue weighted by atomic mass is 16.6. The number of esters is 1. The molecule has 0 fully saturated rings. The van der Waals surface area contributed by atoms with Gasteiger partial charge < -0.3 is 28.4 Å². The van der Waals surface area contributed by atoms with Gasteiger partial charge in [0.25, 0.3) is 5.69 Å². The minimum Gasteiger partial charge on any atom is -0.493 e. The number of nitro benzene ring substituents is 1. The number of non-ortho nitro benzene ring substituents is 1. The lowest BCUT2D eigenvalue weighted by Gasteiger charge is -2.37. The molecule has 1 unspecified atom stereocenters. The second-order valence-corrected chi connectivity index (χ2v) is 14.4. The fourth-order valence-electron chi connectivity index (χ4n) is 8.07. The van der Waals surface area contributed by atoms with E-state index in [0.717, 1.165) is 54.6 Å². The number of methoxy groups -OCH3 is 3. The molecule has 6 bridgehead atoms. The molecule has 2 atom stereocenters. The van der Waals surface area contributed by atoms with Crippen LogP contribution in [0, 0.1) is 10.1 Å². The number of nitro groups is 1. The summed E-state index contributed by atoms with van der Waals surface area (Å²) in [5.74, 6) is 3.36. The van der Waals surface area contributed by atoms with Gasteiger partial charge in [-0.1, -0.05) is 18.2 Å². The molecule has 56 heavy (non-hydrogen) atoms. The summed E-state index contributed by atoms with van der Waals surface area (Å²) in [7, 11) is 9.17. The molecular weight excluding hydrogens is 714 g/mol. The number of benzene rings is 5. The minimum atomic E-state index is -0.666. The molecule has 0 saturated carbocycles. The van der Waals surface area contributed by atoms with Crippen LogP contribution in [0.15, 0.2) is 84.9 Å². The maximum Gasteiger partial charge on any atom is 0.343 e. The zero-order valence-electron chi connectivity index (χ0n) is 32.0. The summed E-state index contributed by atoms with van der Waals surface area (Å²) in [5, 5.41) is 11.2. The predicted octanol–water partition coefficient (Wildman–Crippen LogP) is 8.28. The summed E-state index contributed by atoms with van der Waals surface area (Å²) in [6.07, 6.45) is 2.95. The Hall–Kier alpha value is -6.11. The normalized spacial score (nSPS) is 17.7. The van der Waals surface area contributed by atoms with Gasteiger partial charge in [0, 0.05) is 42.9 Å². The molecule has 4 aliphatic rings. The molecule has 12 heteroatoms. The number of likely N-dealkylation sites (N-methyl/N-ethyl adjacent to an activating group) is 2. The van der Waals surface area contributed by atoms with Gasteiger partial charge in [0.1, 0.15) is 5.75 Å². The molecule has 0 spiro atoms. The van der Waals surface area contributed by atoms with Crippen molar-refractivity contribution in [2.24, 2.45) is 0 Å². The van der Waals surface area contributed by atoms with E-state index in [1.54, 1.807) is 27.4 Å². The highest BCUT2D eigenvalue weighted by molar-refractivity contribution is 5.91. The van der Waals surface area contributed by atoms with Crippen molar-refractivity contribution in [3.8, 4) is 46.0 Å². The first kappa shape index (κ1) is 36.8. The maximum absolute atomic E-state index is 13.3. The van der Waals surface area contributed by atoms with Crippen LogP contribution in [0.3, 0.4) is 0 Å². The second kappa shape index (κ2) is 15.2. The van der Waals surface area contributed by atoms with Crippen molar-refractivity contribution in [3.05, 3.63) is 134 Å². The van der Waals surface area contributed by atoms with E-state index in [4.69, 9.17) is 28.4 Å². The van der Waals surface area contributed by atoms with Crippen LogP contribution in [-0.4, -0.2) is 69.2 Å². The standard InChI is InChI=1S/C44H43N3O9/c1-45-18-16-29-23-37(51-3)39-25-33(29)34(45)20-26-6-13-32(14-7-26)54-38-22-27(8-15-36(38)56-44(48)28-9-11-31(12-10-28)47(49)50)21-35-41-30(17-19-46(35)2)24-40(52-4)42(53-5)43(41)55-39/h6-15,22-25,34-35H,16-21H2,1-5H3/t34-,35?/m0/s1. The Balaban J connectivity index is 1.28. The molecule has 12 nitrogen and oxygen atoms in total. The molecule has 5 aromatic carbocycles. The topological polar surface area (TPSA) is 122 Å². The fourth-order valence-corrected chi connectivity index (χ4v) is 8.07. The number of rotatable bonds is 6. The number of hydrogen-bond donors (Lipinski definition) is 0. The Morgan fingerprint density at radius 2 is 1.36 bits per heavy atom. The highest BCUT2D eigenvalue weighted by Crippen LogP contribution is 2.52.